The number of nitrogens with one attached hydrogen (secondary N) is 3. The monoisotopic (exact) mass is 542 g/mol. The summed E-state index contributed by atoms with van der Waals surface area (Å²) in [5, 5.41) is 17.9. The Morgan fingerprint density at radius 2 is 1.94 bits per heavy atom. The topological polar surface area (TPSA) is 95.8 Å². The summed E-state index contributed by atoms with van der Waals surface area (Å²) in [5.74, 6) is 1.53. The number of hydrogen-bond donors (Lipinski definition) is 3. The van der Waals surface area contributed by atoms with Crippen molar-refractivity contribution in [2.75, 3.05) is 6.54 Å². The van der Waals surface area contributed by atoms with Crippen LogP contribution in [0.4, 0.5) is 0 Å². The Bertz CT molecular complexity index is 1110. The molecule has 0 spiro atoms. The highest BCUT2D eigenvalue weighted by atomic mass is 127. The molecule has 0 aliphatic carbocycles. The van der Waals surface area contributed by atoms with Gasteiger partial charge in [0.05, 0.1) is 13.1 Å². The minimum atomic E-state index is 0. The van der Waals surface area contributed by atoms with Gasteiger partial charge in [0.1, 0.15) is 6.33 Å². The lowest BCUT2D eigenvalue weighted by molar-refractivity contribution is 0.677. The number of halogens is 1. The van der Waals surface area contributed by atoms with Gasteiger partial charge in [-0.3, -0.25) is 9.78 Å². The number of rotatable bonds is 8. The van der Waals surface area contributed by atoms with Gasteiger partial charge in [0.25, 0.3) is 0 Å². The van der Waals surface area contributed by atoms with Crippen LogP contribution >= 0.6 is 24.0 Å². The van der Waals surface area contributed by atoms with Crippen LogP contribution in [0.3, 0.4) is 0 Å². The summed E-state index contributed by atoms with van der Waals surface area (Å²) in [6.45, 7) is 4.84. The third kappa shape index (κ3) is 6.39. The molecule has 9 heteroatoms. The summed E-state index contributed by atoms with van der Waals surface area (Å²) >= 11 is 0. The maximum Gasteiger partial charge on any atom is 0.191 e. The lowest BCUT2D eigenvalue weighted by atomic mass is 10.1. The maximum atomic E-state index is 4.76. The van der Waals surface area contributed by atoms with E-state index in [0.29, 0.717) is 13.1 Å². The lowest BCUT2D eigenvalue weighted by Gasteiger charge is -2.14. The number of aromatic amines is 1. The third-order valence-electron chi connectivity index (χ3n) is 4.84. The van der Waals surface area contributed by atoms with Gasteiger partial charge in [-0.2, -0.15) is 10.2 Å². The number of nitrogens with zero attached hydrogens (tertiary/aromatic N) is 5. The van der Waals surface area contributed by atoms with Crippen LogP contribution in [0.15, 0.2) is 78.3 Å². The molecule has 166 valence electrons. The molecule has 2 heterocycles. The molecule has 0 amide bonds. The molecule has 3 N–H and O–H groups in total. The van der Waals surface area contributed by atoms with E-state index in [1.807, 2.05) is 29.1 Å². The predicted octanol–water partition coefficient (Wildman–Crippen LogP) is 3.59. The predicted molar refractivity (Wildman–Crippen MR) is 137 cm³/mol. The average molecular weight is 542 g/mol. The zero-order chi connectivity index (χ0) is 21.3. The highest BCUT2D eigenvalue weighted by molar-refractivity contribution is 14.0. The van der Waals surface area contributed by atoms with Crippen LogP contribution in [0.1, 0.15) is 23.6 Å². The highest BCUT2D eigenvalue weighted by Crippen LogP contribution is 2.16. The molecule has 0 unspecified atom stereocenters. The molecule has 2 aromatic heterocycles. The van der Waals surface area contributed by atoms with Crippen molar-refractivity contribution in [3.63, 3.8) is 0 Å². The molecule has 0 radical (unpaired) electrons. The SMILES string of the molecule is CCNC(=NCc1cccc(-c2ncn[nH]2)c1)NCc1ccccc1Cn1cccn1.I. The molecule has 0 aliphatic rings. The van der Waals surface area contributed by atoms with Gasteiger partial charge < -0.3 is 10.6 Å². The van der Waals surface area contributed by atoms with Crippen LogP contribution in [0, 0.1) is 0 Å². The molecule has 32 heavy (non-hydrogen) atoms. The largest absolute Gasteiger partial charge is 0.357 e. The van der Waals surface area contributed by atoms with Gasteiger partial charge >= 0.3 is 0 Å². The molecule has 4 aromatic rings. The van der Waals surface area contributed by atoms with Crippen molar-refractivity contribution in [1.29, 1.82) is 0 Å². The fourth-order valence-electron chi connectivity index (χ4n) is 3.31. The van der Waals surface area contributed by atoms with E-state index in [4.69, 9.17) is 4.99 Å². The van der Waals surface area contributed by atoms with Crippen molar-refractivity contribution in [1.82, 2.24) is 35.6 Å². The number of H-pyrrole nitrogens is 1. The summed E-state index contributed by atoms with van der Waals surface area (Å²) < 4.78 is 1.93. The minimum absolute atomic E-state index is 0. The van der Waals surface area contributed by atoms with E-state index >= 15 is 0 Å². The number of guanidine groups is 1. The Balaban J connectivity index is 0.00000289. The van der Waals surface area contributed by atoms with E-state index < -0.39 is 0 Å². The first kappa shape index (κ1) is 23.5. The second-order valence-electron chi connectivity index (χ2n) is 7.06. The van der Waals surface area contributed by atoms with Gasteiger partial charge in [-0.05, 0) is 35.7 Å². The van der Waals surface area contributed by atoms with Gasteiger partial charge in [-0.25, -0.2) is 9.98 Å². The van der Waals surface area contributed by atoms with Crippen molar-refractivity contribution in [3.05, 3.63) is 90.0 Å². The fourth-order valence-corrected chi connectivity index (χ4v) is 3.31. The Kier molecular flexibility index (Phi) is 8.79. The average Bonchev–Trinajstić information content (AvgIpc) is 3.51. The van der Waals surface area contributed by atoms with Crippen molar-refractivity contribution in [2.45, 2.75) is 26.6 Å². The van der Waals surface area contributed by atoms with Gasteiger partial charge in [0, 0.05) is 31.0 Å². The van der Waals surface area contributed by atoms with Gasteiger partial charge in [-0.15, -0.1) is 24.0 Å². The molecule has 0 atom stereocenters. The van der Waals surface area contributed by atoms with E-state index in [1.165, 1.54) is 17.5 Å². The van der Waals surface area contributed by atoms with Crippen LogP contribution in [0.25, 0.3) is 11.4 Å². The minimum Gasteiger partial charge on any atom is -0.357 e. The summed E-state index contributed by atoms with van der Waals surface area (Å²) in [5.41, 5.74) is 4.55. The quantitative estimate of drug-likeness (QED) is 0.180. The number of aromatic nitrogens is 5. The first-order valence-electron chi connectivity index (χ1n) is 10.3. The van der Waals surface area contributed by atoms with E-state index in [9.17, 15) is 0 Å². The highest BCUT2D eigenvalue weighted by Gasteiger charge is 2.06. The van der Waals surface area contributed by atoms with Crippen LogP contribution in [0.2, 0.25) is 0 Å². The van der Waals surface area contributed by atoms with Crippen LogP contribution in [-0.2, 0) is 19.6 Å². The van der Waals surface area contributed by atoms with E-state index in [2.05, 4.69) is 74.2 Å². The molecule has 8 nitrogen and oxygen atoms in total. The van der Waals surface area contributed by atoms with Crippen molar-refractivity contribution < 1.29 is 0 Å². The number of aliphatic imine (C=N–C) groups is 1. The normalized spacial score (nSPS) is 11.1. The van der Waals surface area contributed by atoms with E-state index in [1.54, 1.807) is 6.20 Å². The summed E-state index contributed by atoms with van der Waals surface area (Å²) in [6, 6.07) is 18.5. The van der Waals surface area contributed by atoms with Crippen molar-refractivity contribution in [2.24, 2.45) is 4.99 Å². The van der Waals surface area contributed by atoms with Crippen molar-refractivity contribution in [3.8, 4) is 11.4 Å². The van der Waals surface area contributed by atoms with Crippen molar-refractivity contribution >= 4 is 29.9 Å². The number of hydrogen-bond acceptors (Lipinski definition) is 4. The second kappa shape index (κ2) is 12.0. The summed E-state index contributed by atoms with van der Waals surface area (Å²) in [7, 11) is 0. The molecular weight excluding hydrogens is 515 g/mol. The first-order chi connectivity index (χ1) is 15.3. The van der Waals surface area contributed by atoms with E-state index in [-0.39, 0.29) is 24.0 Å². The Morgan fingerprint density at radius 1 is 1.06 bits per heavy atom. The van der Waals surface area contributed by atoms with Gasteiger partial charge in [0.15, 0.2) is 11.8 Å². The lowest BCUT2D eigenvalue weighted by Crippen LogP contribution is -2.37. The van der Waals surface area contributed by atoms with Crippen LogP contribution < -0.4 is 10.6 Å². The smallest absolute Gasteiger partial charge is 0.191 e. The van der Waals surface area contributed by atoms with Gasteiger partial charge in [0.2, 0.25) is 0 Å². The molecule has 0 fully saturated rings. The maximum absolute atomic E-state index is 4.76. The molecule has 4 rings (SSSR count). The number of benzene rings is 2. The Morgan fingerprint density at radius 3 is 2.69 bits per heavy atom. The van der Waals surface area contributed by atoms with Crippen LogP contribution in [0.5, 0.6) is 0 Å². The molecule has 0 bridgehead atoms. The Hall–Kier alpha value is -3.21. The zero-order valence-corrected chi connectivity index (χ0v) is 20.2. The molecule has 0 aliphatic heterocycles. The second-order valence-corrected chi connectivity index (χ2v) is 7.06. The third-order valence-corrected chi connectivity index (χ3v) is 4.84. The fraction of sp³-hybridized carbons (Fsp3) is 0.217. The Labute approximate surface area is 204 Å². The zero-order valence-electron chi connectivity index (χ0n) is 17.9. The molecule has 0 saturated carbocycles. The van der Waals surface area contributed by atoms with Crippen LogP contribution in [-0.4, -0.2) is 37.5 Å². The first-order valence-corrected chi connectivity index (χ1v) is 10.3. The standard InChI is InChI=1S/C23H26N8.HI/c1-2-24-23(25-14-18-7-5-10-19(13-18)22-27-17-28-30-22)26-15-20-8-3-4-9-21(20)16-31-12-6-11-29-31;/h3-13,17H,2,14-16H2,1H3,(H2,24,25,26)(H,27,28,30);1H. The molecule has 2 aromatic carbocycles. The van der Waals surface area contributed by atoms with Gasteiger partial charge in [-0.1, -0.05) is 42.5 Å². The van der Waals surface area contributed by atoms with E-state index in [0.717, 1.165) is 36.0 Å². The summed E-state index contributed by atoms with van der Waals surface area (Å²) in [4.78, 5) is 8.97. The molecule has 0 saturated heterocycles. The summed E-state index contributed by atoms with van der Waals surface area (Å²) in [6.07, 6.45) is 5.29. The molecular formula is C23H27IN8.